The molecule has 6 N–H and O–H groups in total. The molecule has 0 aliphatic heterocycles. The standard InChI is InChI=1S/C16H24N6O7S/c1-11-3-5-14(6-4-11)30(25,26)29-9-13(8-20-22-16(18)24)28-10-27-12(2)7-19-21-15(17)23/h3-8,12-13H,9-10H2,1-2H3,(H3,17,21,23)(H3,18,22,24)/b19-7+,20-8+. The zero-order valence-corrected chi connectivity index (χ0v) is 17.2. The molecule has 2 atom stereocenters. The Bertz CT molecular complexity index is 857. The smallest absolute Gasteiger partial charge is 0.332 e. The lowest BCUT2D eigenvalue weighted by Crippen LogP contribution is -2.29. The number of aryl methyl sites for hydroxylation is 1. The SMILES string of the molecule is Cc1ccc(S(=O)(=O)OCC(/C=N/NC(N)=O)OCOC(C)/C=N/NC(N)=O)cc1. The maximum absolute atomic E-state index is 12.3. The van der Waals surface area contributed by atoms with Gasteiger partial charge in [-0.15, -0.1) is 0 Å². The number of carbonyl (C=O) groups is 2. The summed E-state index contributed by atoms with van der Waals surface area (Å²) in [5, 5.41) is 7.05. The number of primary amides is 2. The molecule has 0 aromatic heterocycles. The van der Waals surface area contributed by atoms with Crippen LogP contribution in [0, 0.1) is 6.92 Å². The van der Waals surface area contributed by atoms with E-state index in [-0.39, 0.29) is 11.7 Å². The van der Waals surface area contributed by atoms with Crippen molar-refractivity contribution in [1.29, 1.82) is 0 Å². The second-order valence-electron chi connectivity index (χ2n) is 5.75. The molecule has 0 aliphatic carbocycles. The number of rotatable bonds is 12. The highest BCUT2D eigenvalue weighted by Gasteiger charge is 2.18. The van der Waals surface area contributed by atoms with Crippen LogP contribution in [-0.4, -0.2) is 58.5 Å². The first-order chi connectivity index (χ1) is 14.1. The highest BCUT2D eigenvalue weighted by molar-refractivity contribution is 7.86. The fraction of sp³-hybridized carbons (Fsp3) is 0.375. The van der Waals surface area contributed by atoms with Gasteiger partial charge in [-0.3, -0.25) is 4.18 Å². The van der Waals surface area contributed by atoms with Gasteiger partial charge in [-0.05, 0) is 26.0 Å². The molecule has 0 saturated heterocycles. The predicted molar refractivity (Wildman–Crippen MR) is 107 cm³/mol. The van der Waals surface area contributed by atoms with Crippen LogP contribution in [0.1, 0.15) is 12.5 Å². The molecule has 14 heteroatoms. The molecule has 1 aromatic rings. The zero-order valence-electron chi connectivity index (χ0n) is 16.3. The normalized spacial score (nSPS) is 13.9. The van der Waals surface area contributed by atoms with E-state index in [1.807, 2.05) is 17.8 Å². The number of hydrogen-bond donors (Lipinski definition) is 4. The number of nitrogens with zero attached hydrogens (tertiary/aromatic N) is 2. The third-order valence-corrected chi connectivity index (χ3v) is 4.48. The third kappa shape index (κ3) is 10.5. The molecule has 166 valence electrons. The lowest BCUT2D eigenvalue weighted by Gasteiger charge is -2.15. The van der Waals surface area contributed by atoms with Gasteiger partial charge in [0.2, 0.25) is 0 Å². The number of nitrogens with one attached hydrogen (secondary N) is 2. The highest BCUT2D eigenvalue weighted by atomic mass is 32.2. The Kier molecular flexibility index (Phi) is 10.4. The number of benzene rings is 1. The van der Waals surface area contributed by atoms with Crippen LogP contribution >= 0.6 is 0 Å². The molecular formula is C16H24N6O7S. The largest absolute Gasteiger partial charge is 0.350 e. The molecule has 0 heterocycles. The first-order valence-electron chi connectivity index (χ1n) is 8.46. The van der Waals surface area contributed by atoms with Crippen molar-refractivity contribution >= 4 is 34.6 Å². The van der Waals surface area contributed by atoms with Crippen molar-refractivity contribution in [2.45, 2.75) is 31.0 Å². The van der Waals surface area contributed by atoms with Crippen molar-refractivity contribution in [1.82, 2.24) is 10.9 Å². The van der Waals surface area contributed by atoms with Gasteiger partial charge in [0.15, 0.2) is 0 Å². The van der Waals surface area contributed by atoms with Crippen LogP contribution in [0.15, 0.2) is 39.4 Å². The van der Waals surface area contributed by atoms with Crippen LogP contribution in [0.25, 0.3) is 0 Å². The van der Waals surface area contributed by atoms with Crippen LogP contribution in [-0.2, 0) is 23.8 Å². The van der Waals surface area contributed by atoms with Crippen molar-refractivity contribution in [3.8, 4) is 0 Å². The zero-order chi connectivity index (χ0) is 22.6. The summed E-state index contributed by atoms with van der Waals surface area (Å²) in [7, 11) is -4.04. The average molecular weight is 444 g/mol. The maximum Gasteiger partial charge on any atom is 0.332 e. The predicted octanol–water partition coefficient (Wildman–Crippen LogP) is -0.244. The van der Waals surface area contributed by atoms with E-state index in [4.69, 9.17) is 25.1 Å². The van der Waals surface area contributed by atoms with Gasteiger partial charge >= 0.3 is 12.1 Å². The van der Waals surface area contributed by atoms with Crippen LogP contribution in [0.5, 0.6) is 0 Å². The summed E-state index contributed by atoms with van der Waals surface area (Å²) in [5.74, 6) is 0. The van der Waals surface area contributed by atoms with Gasteiger partial charge < -0.3 is 20.9 Å². The van der Waals surface area contributed by atoms with Crippen molar-refractivity contribution in [2.24, 2.45) is 21.7 Å². The maximum atomic E-state index is 12.3. The van der Waals surface area contributed by atoms with Gasteiger partial charge in [0.05, 0.1) is 30.0 Å². The molecule has 0 saturated carbocycles. The highest BCUT2D eigenvalue weighted by Crippen LogP contribution is 2.13. The molecule has 0 bridgehead atoms. The van der Waals surface area contributed by atoms with Gasteiger partial charge in [-0.2, -0.15) is 18.6 Å². The molecule has 0 fully saturated rings. The van der Waals surface area contributed by atoms with Crippen LogP contribution < -0.4 is 22.3 Å². The van der Waals surface area contributed by atoms with Crippen LogP contribution in [0.2, 0.25) is 0 Å². The Hall–Kier alpha value is -3.07. The molecule has 2 unspecified atom stereocenters. The Morgan fingerprint density at radius 1 is 1.07 bits per heavy atom. The molecule has 0 aliphatic rings. The minimum Gasteiger partial charge on any atom is -0.350 e. The number of nitrogens with two attached hydrogens (primary N) is 2. The lowest BCUT2D eigenvalue weighted by atomic mass is 10.2. The Balaban J connectivity index is 2.65. The molecule has 30 heavy (non-hydrogen) atoms. The van der Waals surface area contributed by atoms with E-state index in [1.165, 1.54) is 18.3 Å². The van der Waals surface area contributed by atoms with Gasteiger partial charge in [0, 0.05) is 0 Å². The summed E-state index contributed by atoms with van der Waals surface area (Å²) in [5.41, 5.74) is 14.6. The van der Waals surface area contributed by atoms with Crippen molar-refractivity contribution in [2.75, 3.05) is 13.4 Å². The monoisotopic (exact) mass is 444 g/mol. The first kappa shape index (κ1) is 25.0. The Labute approximate surface area is 173 Å². The minimum atomic E-state index is -4.04. The summed E-state index contributed by atoms with van der Waals surface area (Å²) in [6, 6.07) is 4.33. The van der Waals surface area contributed by atoms with Crippen molar-refractivity contribution in [3.05, 3.63) is 29.8 Å². The van der Waals surface area contributed by atoms with Crippen molar-refractivity contribution < 1.29 is 31.7 Å². The van der Waals surface area contributed by atoms with E-state index in [2.05, 4.69) is 10.2 Å². The van der Waals surface area contributed by atoms with E-state index in [1.54, 1.807) is 19.1 Å². The van der Waals surface area contributed by atoms with Crippen molar-refractivity contribution in [3.63, 3.8) is 0 Å². The van der Waals surface area contributed by atoms with Gasteiger partial charge in [0.25, 0.3) is 10.1 Å². The van der Waals surface area contributed by atoms with E-state index >= 15 is 0 Å². The third-order valence-electron chi connectivity index (χ3n) is 3.18. The summed E-state index contributed by atoms with van der Waals surface area (Å²) in [6.45, 7) is 2.66. The number of urea groups is 2. The average Bonchev–Trinajstić information content (AvgIpc) is 2.65. The van der Waals surface area contributed by atoms with Gasteiger partial charge in [-0.25, -0.2) is 20.4 Å². The van der Waals surface area contributed by atoms with Gasteiger partial charge in [-0.1, -0.05) is 17.7 Å². The van der Waals surface area contributed by atoms with E-state index in [0.29, 0.717) is 0 Å². The Morgan fingerprint density at radius 2 is 1.63 bits per heavy atom. The molecule has 4 amide bonds. The fourth-order valence-electron chi connectivity index (χ4n) is 1.73. The van der Waals surface area contributed by atoms with E-state index in [0.717, 1.165) is 11.8 Å². The lowest BCUT2D eigenvalue weighted by molar-refractivity contribution is -0.0855. The molecular weight excluding hydrogens is 420 g/mol. The number of carbonyl (C=O) groups excluding carboxylic acids is 2. The molecule has 1 rings (SSSR count). The summed E-state index contributed by atoms with van der Waals surface area (Å²) in [6.07, 6.45) is 0.761. The fourth-order valence-corrected chi connectivity index (χ4v) is 2.65. The molecule has 1 aromatic carbocycles. The first-order valence-corrected chi connectivity index (χ1v) is 9.87. The molecule has 13 nitrogen and oxygen atoms in total. The molecule has 0 spiro atoms. The van der Waals surface area contributed by atoms with E-state index in [9.17, 15) is 18.0 Å². The van der Waals surface area contributed by atoms with Gasteiger partial charge in [0.1, 0.15) is 12.9 Å². The number of ether oxygens (including phenoxy) is 2. The summed E-state index contributed by atoms with van der Waals surface area (Å²) < 4.78 is 40.2. The summed E-state index contributed by atoms with van der Waals surface area (Å²) in [4.78, 5) is 21.2. The topological polar surface area (TPSA) is 197 Å². The second-order valence-corrected chi connectivity index (χ2v) is 7.37. The second kappa shape index (κ2) is 12.5. The summed E-state index contributed by atoms with van der Waals surface area (Å²) >= 11 is 0. The quantitative estimate of drug-likeness (QED) is 0.147. The Morgan fingerprint density at radius 3 is 2.20 bits per heavy atom. The minimum absolute atomic E-state index is 0.0258. The van der Waals surface area contributed by atoms with Crippen LogP contribution in [0.3, 0.4) is 0 Å². The molecule has 0 radical (unpaired) electrons. The number of hydrogen-bond acceptors (Lipinski definition) is 9. The number of amides is 4. The van der Waals surface area contributed by atoms with Crippen LogP contribution in [0.4, 0.5) is 9.59 Å². The number of hydrazone groups is 2. The van der Waals surface area contributed by atoms with E-state index < -0.39 is 41.0 Å².